The number of para-hydroxylation sites is 1. The predicted molar refractivity (Wildman–Crippen MR) is 88.9 cm³/mol. The normalized spacial score (nSPS) is 20.8. The lowest BCUT2D eigenvalue weighted by molar-refractivity contribution is -0.125. The molecule has 1 aliphatic rings. The highest BCUT2D eigenvalue weighted by molar-refractivity contribution is 5.92. The third kappa shape index (κ3) is 3.99. The van der Waals surface area contributed by atoms with Gasteiger partial charge in [-0.15, -0.1) is 0 Å². The smallest absolute Gasteiger partial charge is 0.246 e. The number of nitrogens with zero attached hydrogens (tertiary/aromatic N) is 1. The lowest BCUT2D eigenvalue weighted by atomic mass is 10.2. The van der Waals surface area contributed by atoms with Crippen LogP contribution in [0.2, 0.25) is 0 Å². The minimum Gasteiger partial charge on any atom is -0.486 e. The van der Waals surface area contributed by atoms with E-state index in [1.54, 1.807) is 11.0 Å². The van der Waals surface area contributed by atoms with Gasteiger partial charge in [-0.3, -0.25) is 4.79 Å². The number of aliphatic hydroxyl groups is 1. The summed E-state index contributed by atoms with van der Waals surface area (Å²) in [6.07, 6.45) is 2.24. The van der Waals surface area contributed by atoms with Gasteiger partial charge in [-0.25, -0.2) is 0 Å². The van der Waals surface area contributed by atoms with Crippen LogP contribution < -0.4 is 4.74 Å². The number of rotatable bonds is 4. The molecule has 4 nitrogen and oxygen atoms in total. The summed E-state index contributed by atoms with van der Waals surface area (Å²) in [5, 5.41) is 10.1. The van der Waals surface area contributed by atoms with Crippen LogP contribution in [0.5, 0.6) is 5.75 Å². The Hall–Kier alpha value is -2.59. The van der Waals surface area contributed by atoms with E-state index in [1.165, 1.54) is 6.08 Å². The van der Waals surface area contributed by atoms with Crippen LogP contribution in [0.15, 0.2) is 66.7 Å². The number of carbonyl (C=O) groups is 1. The first-order chi connectivity index (χ1) is 11.2. The summed E-state index contributed by atoms with van der Waals surface area (Å²) in [6.45, 7) is 0.670. The van der Waals surface area contributed by atoms with Gasteiger partial charge in [0.2, 0.25) is 5.91 Å². The lowest BCUT2D eigenvalue weighted by Crippen LogP contribution is -2.30. The third-order valence-electron chi connectivity index (χ3n) is 3.80. The molecule has 118 valence electrons. The number of aliphatic hydroxyl groups excluding tert-OH is 1. The van der Waals surface area contributed by atoms with Crippen LogP contribution in [0.3, 0.4) is 0 Å². The van der Waals surface area contributed by atoms with Crippen molar-refractivity contribution in [3.05, 3.63) is 72.3 Å². The Labute approximate surface area is 135 Å². The number of hydrogen-bond acceptors (Lipinski definition) is 3. The highest BCUT2D eigenvalue weighted by atomic mass is 16.5. The predicted octanol–water partition coefficient (Wildman–Crippen LogP) is 2.35. The number of β-amino-alcohol motifs (C(OH)–C–C–N with tert-alkyl or cyclic N) is 1. The van der Waals surface area contributed by atoms with Crippen molar-refractivity contribution < 1.29 is 14.6 Å². The van der Waals surface area contributed by atoms with Crippen molar-refractivity contribution in [3.8, 4) is 5.75 Å². The maximum Gasteiger partial charge on any atom is 0.246 e. The number of amides is 1. The molecule has 1 fully saturated rings. The maximum absolute atomic E-state index is 12.2. The van der Waals surface area contributed by atoms with Crippen LogP contribution >= 0.6 is 0 Å². The Morgan fingerprint density at radius 3 is 2.39 bits per heavy atom. The topological polar surface area (TPSA) is 49.8 Å². The number of ether oxygens (including phenoxy) is 1. The van der Waals surface area contributed by atoms with Gasteiger partial charge < -0.3 is 14.7 Å². The van der Waals surface area contributed by atoms with Crippen LogP contribution in [-0.2, 0) is 4.79 Å². The van der Waals surface area contributed by atoms with E-state index in [0.29, 0.717) is 12.3 Å². The zero-order valence-electron chi connectivity index (χ0n) is 12.7. The standard InChI is InChI=1S/C19H19NO3/c21-17-13-20(14-18(17)23-16-9-5-2-6-10-16)19(22)12-11-15-7-3-1-4-8-15/h1-12,17-18,21H,13-14H2/b12-11+/t17-,18-/m1/s1. The second-order valence-electron chi connectivity index (χ2n) is 5.52. The molecule has 1 amide bonds. The largest absolute Gasteiger partial charge is 0.486 e. The summed E-state index contributed by atoms with van der Waals surface area (Å²) >= 11 is 0. The quantitative estimate of drug-likeness (QED) is 0.882. The lowest BCUT2D eigenvalue weighted by Gasteiger charge is -2.16. The van der Waals surface area contributed by atoms with Gasteiger partial charge in [0.25, 0.3) is 0 Å². The summed E-state index contributed by atoms with van der Waals surface area (Å²) in [7, 11) is 0. The molecule has 0 bridgehead atoms. The molecule has 4 heteroatoms. The van der Waals surface area contributed by atoms with Gasteiger partial charge in [-0.2, -0.15) is 0 Å². The average Bonchev–Trinajstić information content (AvgIpc) is 2.95. The van der Waals surface area contributed by atoms with Gasteiger partial charge in [0.05, 0.1) is 13.1 Å². The van der Waals surface area contributed by atoms with Crippen molar-refractivity contribution in [1.29, 1.82) is 0 Å². The molecule has 0 radical (unpaired) electrons. The number of hydrogen-bond donors (Lipinski definition) is 1. The Balaban J connectivity index is 1.59. The molecule has 2 aromatic rings. The second-order valence-corrected chi connectivity index (χ2v) is 5.52. The Kier molecular flexibility index (Phi) is 4.74. The summed E-state index contributed by atoms with van der Waals surface area (Å²) < 4.78 is 5.76. The van der Waals surface area contributed by atoms with E-state index in [-0.39, 0.29) is 12.5 Å². The fraction of sp³-hybridized carbons (Fsp3) is 0.211. The summed E-state index contributed by atoms with van der Waals surface area (Å²) in [5.41, 5.74) is 0.970. The van der Waals surface area contributed by atoms with Crippen molar-refractivity contribution >= 4 is 12.0 Å². The van der Waals surface area contributed by atoms with E-state index in [1.807, 2.05) is 60.7 Å². The summed E-state index contributed by atoms with van der Waals surface area (Å²) in [4.78, 5) is 13.8. The third-order valence-corrected chi connectivity index (χ3v) is 3.80. The van der Waals surface area contributed by atoms with Gasteiger partial charge in [-0.1, -0.05) is 48.5 Å². The van der Waals surface area contributed by atoms with Gasteiger partial charge in [0, 0.05) is 6.08 Å². The van der Waals surface area contributed by atoms with Crippen LogP contribution in [0.25, 0.3) is 6.08 Å². The minimum atomic E-state index is -0.677. The fourth-order valence-corrected chi connectivity index (χ4v) is 2.56. The SMILES string of the molecule is O=C(/C=C/c1ccccc1)N1C[C@@H](O)[C@H](Oc2ccccc2)C1. The van der Waals surface area contributed by atoms with E-state index in [2.05, 4.69) is 0 Å². The first-order valence-electron chi connectivity index (χ1n) is 7.64. The summed E-state index contributed by atoms with van der Waals surface area (Å²) in [5.74, 6) is 0.581. The molecule has 23 heavy (non-hydrogen) atoms. The molecule has 2 atom stereocenters. The minimum absolute atomic E-state index is 0.118. The van der Waals surface area contributed by atoms with Crippen molar-refractivity contribution in [1.82, 2.24) is 4.90 Å². The van der Waals surface area contributed by atoms with Crippen LogP contribution in [0.4, 0.5) is 0 Å². The Bertz CT molecular complexity index is 670. The fourth-order valence-electron chi connectivity index (χ4n) is 2.56. The molecule has 1 aliphatic heterocycles. The molecule has 0 unspecified atom stereocenters. The Morgan fingerprint density at radius 1 is 1.04 bits per heavy atom. The van der Waals surface area contributed by atoms with Gasteiger partial charge in [0.1, 0.15) is 18.0 Å². The second kappa shape index (κ2) is 7.11. The van der Waals surface area contributed by atoms with Crippen molar-refractivity contribution in [2.45, 2.75) is 12.2 Å². The van der Waals surface area contributed by atoms with E-state index < -0.39 is 12.2 Å². The first-order valence-corrected chi connectivity index (χ1v) is 7.64. The molecular formula is C19H19NO3. The van der Waals surface area contributed by atoms with Crippen molar-refractivity contribution in [3.63, 3.8) is 0 Å². The van der Waals surface area contributed by atoms with Gasteiger partial charge >= 0.3 is 0 Å². The zero-order valence-corrected chi connectivity index (χ0v) is 12.7. The molecule has 0 aliphatic carbocycles. The van der Waals surface area contributed by atoms with E-state index in [0.717, 1.165) is 5.56 Å². The van der Waals surface area contributed by atoms with Crippen LogP contribution in [0, 0.1) is 0 Å². The molecular weight excluding hydrogens is 290 g/mol. The molecule has 1 saturated heterocycles. The molecule has 3 rings (SSSR count). The van der Waals surface area contributed by atoms with Gasteiger partial charge in [-0.05, 0) is 23.8 Å². The van der Waals surface area contributed by atoms with Crippen molar-refractivity contribution in [2.24, 2.45) is 0 Å². The van der Waals surface area contributed by atoms with E-state index in [4.69, 9.17) is 4.74 Å². The molecule has 1 N–H and O–H groups in total. The van der Waals surface area contributed by atoms with E-state index >= 15 is 0 Å². The average molecular weight is 309 g/mol. The van der Waals surface area contributed by atoms with E-state index in [9.17, 15) is 9.90 Å². The Morgan fingerprint density at radius 2 is 1.70 bits per heavy atom. The summed E-state index contributed by atoms with van der Waals surface area (Å²) in [6, 6.07) is 19.0. The maximum atomic E-state index is 12.2. The van der Waals surface area contributed by atoms with Gasteiger partial charge in [0.15, 0.2) is 0 Å². The monoisotopic (exact) mass is 309 g/mol. The first kappa shape index (κ1) is 15.3. The molecule has 0 spiro atoms. The highest BCUT2D eigenvalue weighted by Crippen LogP contribution is 2.19. The number of likely N-dealkylation sites (tertiary alicyclic amines) is 1. The van der Waals surface area contributed by atoms with Crippen molar-refractivity contribution in [2.75, 3.05) is 13.1 Å². The number of carbonyl (C=O) groups excluding carboxylic acids is 1. The number of benzene rings is 2. The molecule has 1 heterocycles. The van der Waals surface area contributed by atoms with Crippen LogP contribution in [0.1, 0.15) is 5.56 Å². The molecule has 0 saturated carbocycles. The molecule has 2 aromatic carbocycles. The zero-order chi connectivity index (χ0) is 16.1. The highest BCUT2D eigenvalue weighted by Gasteiger charge is 2.34. The van der Waals surface area contributed by atoms with Crippen LogP contribution in [-0.4, -0.2) is 41.2 Å². The molecule has 0 aromatic heterocycles.